The van der Waals surface area contributed by atoms with E-state index in [0.29, 0.717) is 0 Å². The Balaban J connectivity index is 0.956. The van der Waals surface area contributed by atoms with Gasteiger partial charge in [0, 0.05) is 12.6 Å². The summed E-state index contributed by atoms with van der Waals surface area (Å²) in [6.07, 6.45) is 0. The molecule has 0 unspecified atom stereocenters. The summed E-state index contributed by atoms with van der Waals surface area (Å²) in [6, 6.07) is 66.9. The van der Waals surface area contributed by atoms with Gasteiger partial charge < -0.3 is 4.57 Å². The van der Waals surface area contributed by atoms with Crippen LogP contribution in [-0.2, 0) is 7.05 Å². The Kier molecular flexibility index (Phi) is 7.02. The highest BCUT2D eigenvalue weighted by molar-refractivity contribution is 6.21. The van der Waals surface area contributed by atoms with E-state index in [1.54, 1.807) is 0 Å². The molecule has 0 bridgehead atoms. The first-order valence-electron chi connectivity index (χ1n) is 19.0. The summed E-state index contributed by atoms with van der Waals surface area (Å²) in [5.74, 6) is 0.981. The number of para-hydroxylation sites is 2. The van der Waals surface area contributed by atoms with E-state index in [1.807, 2.05) is 6.07 Å². The maximum Gasteiger partial charge on any atom is 0.140 e. The Hall–Kier alpha value is -7.03. The Bertz CT molecular complexity index is 3330. The largest absolute Gasteiger partial charge is 0.327 e. The van der Waals surface area contributed by atoms with E-state index in [2.05, 4.69) is 194 Å². The molecule has 11 rings (SSSR count). The van der Waals surface area contributed by atoms with Crippen LogP contribution in [0, 0.1) is 6.92 Å². The second-order valence-corrected chi connectivity index (χ2v) is 14.9. The van der Waals surface area contributed by atoms with Crippen molar-refractivity contribution in [2.45, 2.75) is 6.92 Å². The highest BCUT2D eigenvalue weighted by atomic mass is 15.1. The highest BCUT2D eigenvalue weighted by Gasteiger charge is 2.15. The minimum Gasteiger partial charge on any atom is -0.327 e. The number of nitrogens with zero attached hydrogens (tertiary/aromatic N) is 2. The lowest BCUT2D eigenvalue weighted by atomic mass is 9.88. The van der Waals surface area contributed by atoms with Gasteiger partial charge in [-0.15, -0.1) is 0 Å². The van der Waals surface area contributed by atoms with Gasteiger partial charge in [0.15, 0.2) is 0 Å². The molecule has 0 saturated carbocycles. The minimum atomic E-state index is 0.981. The van der Waals surface area contributed by atoms with Crippen molar-refractivity contribution < 1.29 is 0 Å². The molecule has 0 fully saturated rings. The predicted octanol–water partition coefficient (Wildman–Crippen LogP) is 14.3. The number of hydrogen-bond donors (Lipinski definition) is 0. The van der Waals surface area contributed by atoms with Crippen LogP contribution in [0.5, 0.6) is 0 Å². The van der Waals surface area contributed by atoms with Gasteiger partial charge in [0.1, 0.15) is 5.82 Å². The van der Waals surface area contributed by atoms with E-state index >= 15 is 0 Å². The van der Waals surface area contributed by atoms with E-state index in [4.69, 9.17) is 4.98 Å². The van der Waals surface area contributed by atoms with E-state index in [0.717, 1.165) is 22.4 Å². The molecule has 1 aromatic heterocycles. The van der Waals surface area contributed by atoms with Gasteiger partial charge in [-0.05, 0) is 130 Å². The Morgan fingerprint density at radius 1 is 0.382 bits per heavy atom. The van der Waals surface area contributed by atoms with Gasteiger partial charge in [0.2, 0.25) is 0 Å². The van der Waals surface area contributed by atoms with Gasteiger partial charge in [0.05, 0.1) is 11.0 Å². The van der Waals surface area contributed by atoms with Gasteiger partial charge in [-0.3, -0.25) is 0 Å². The SMILES string of the molecule is Cc1cccc2ccc3cccc(-c4cccc5ccc6cc(-c7ccc8cc(-c9ccc(-c%10nc%11ccccc%11n%10C)cc9)ccc8c7)ccc6c45)c3c12. The van der Waals surface area contributed by atoms with Crippen molar-refractivity contribution in [2.24, 2.45) is 7.05 Å². The molecule has 2 heteroatoms. The summed E-state index contributed by atoms with van der Waals surface area (Å²) in [5, 5.41) is 12.8. The molecule has 55 heavy (non-hydrogen) atoms. The molecule has 11 aromatic rings. The molecule has 0 spiro atoms. The molecule has 0 radical (unpaired) electrons. The summed E-state index contributed by atoms with van der Waals surface area (Å²) >= 11 is 0. The quantitative estimate of drug-likeness (QED) is 0.167. The monoisotopic (exact) mass is 700 g/mol. The standard InChI is InChI=1S/C53H36N2/c1-33-8-5-9-35-18-19-37-11-7-13-47(52(37)50(33)35)46-12-6-10-36-20-27-44-32-43(28-29-45(44)51(36)46)42-26-25-40-30-39(23-24-41(40)31-42)34-16-21-38(22-17-34)53-54-48-14-3-4-15-49(48)55(53)2/h3-32H,1-2H3. The van der Waals surface area contributed by atoms with Gasteiger partial charge in [-0.25, -0.2) is 4.98 Å². The fourth-order valence-electron chi connectivity index (χ4n) is 8.90. The fourth-order valence-corrected chi connectivity index (χ4v) is 8.90. The zero-order valence-corrected chi connectivity index (χ0v) is 30.7. The van der Waals surface area contributed by atoms with Crippen LogP contribution in [0.15, 0.2) is 182 Å². The van der Waals surface area contributed by atoms with Crippen molar-refractivity contribution >= 4 is 64.9 Å². The van der Waals surface area contributed by atoms with Crippen LogP contribution in [0.2, 0.25) is 0 Å². The average molecular weight is 701 g/mol. The van der Waals surface area contributed by atoms with Crippen molar-refractivity contribution in [3.05, 3.63) is 188 Å². The lowest BCUT2D eigenvalue weighted by Gasteiger charge is -2.16. The summed E-state index contributed by atoms with van der Waals surface area (Å²) in [6.45, 7) is 2.23. The first kappa shape index (κ1) is 31.5. The van der Waals surface area contributed by atoms with Crippen molar-refractivity contribution in [1.82, 2.24) is 9.55 Å². The van der Waals surface area contributed by atoms with Gasteiger partial charge in [0.25, 0.3) is 0 Å². The van der Waals surface area contributed by atoms with Gasteiger partial charge in [-0.2, -0.15) is 0 Å². The summed E-state index contributed by atoms with van der Waals surface area (Å²) in [4.78, 5) is 4.89. The predicted molar refractivity (Wildman–Crippen MR) is 235 cm³/mol. The molecule has 2 nitrogen and oxygen atoms in total. The molecule has 1 heterocycles. The highest BCUT2D eigenvalue weighted by Crippen LogP contribution is 2.42. The minimum absolute atomic E-state index is 0.981. The first-order chi connectivity index (χ1) is 27.1. The normalized spacial score (nSPS) is 11.8. The lowest BCUT2D eigenvalue weighted by Crippen LogP contribution is -1.92. The average Bonchev–Trinajstić information content (AvgIpc) is 3.58. The Morgan fingerprint density at radius 3 is 1.60 bits per heavy atom. The maximum atomic E-state index is 4.89. The van der Waals surface area contributed by atoms with Crippen LogP contribution in [-0.4, -0.2) is 9.55 Å². The summed E-state index contributed by atoms with van der Waals surface area (Å²) in [5.41, 5.74) is 12.0. The molecule has 0 atom stereocenters. The summed E-state index contributed by atoms with van der Waals surface area (Å²) in [7, 11) is 2.08. The molecular formula is C53H36N2. The molecule has 0 aliphatic carbocycles. The number of rotatable bonds is 4. The zero-order valence-electron chi connectivity index (χ0n) is 30.7. The molecule has 0 saturated heterocycles. The van der Waals surface area contributed by atoms with Crippen molar-refractivity contribution in [1.29, 1.82) is 0 Å². The van der Waals surface area contributed by atoms with Crippen molar-refractivity contribution in [3.63, 3.8) is 0 Å². The molecule has 258 valence electrons. The smallest absolute Gasteiger partial charge is 0.140 e. The van der Waals surface area contributed by atoms with E-state index < -0.39 is 0 Å². The van der Waals surface area contributed by atoms with Crippen molar-refractivity contribution in [2.75, 3.05) is 0 Å². The third-order valence-corrected chi connectivity index (χ3v) is 11.7. The maximum absolute atomic E-state index is 4.89. The second kappa shape index (κ2) is 12.3. The van der Waals surface area contributed by atoms with Crippen LogP contribution >= 0.6 is 0 Å². The molecule has 0 aliphatic heterocycles. The summed E-state index contributed by atoms with van der Waals surface area (Å²) < 4.78 is 2.17. The molecule has 0 aliphatic rings. The van der Waals surface area contributed by atoms with Crippen LogP contribution in [0.25, 0.3) is 110 Å². The Labute approximate surface area is 319 Å². The lowest BCUT2D eigenvalue weighted by molar-refractivity contribution is 0.959. The van der Waals surface area contributed by atoms with E-state index in [-0.39, 0.29) is 0 Å². The number of hydrogen-bond acceptors (Lipinski definition) is 1. The van der Waals surface area contributed by atoms with Crippen LogP contribution in [0.3, 0.4) is 0 Å². The number of aromatic nitrogens is 2. The first-order valence-corrected chi connectivity index (χ1v) is 19.0. The number of imidazole rings is 1. The van der Waals surface area contributed by atoms with Gasteiger partial charge >= 0.3 is 0 Å². The molecule has 0 N–H and O–H groups in total. The van der Waals surface area contributed by atoms with Crippen LogP contribution in [0.1, 0.15) is 5.56 Å². The Morgan fingerprint density at radius 2 is 0.891 bits per heavy atom. The van der Waals surface area contributed by atoms with E-state index in [1.165, 1.54) is 92.8 Å². The fraction of sp³-hybridized carbons (Fsp3) is 0.0377. The zero-order chi connectivity index (χ0) is 36.6. The molecular weight excluding hydrogens is 665 g/mol. The topological polar surface area (TPSA) is 17.8 Å². The number of aryl methyl sites for hydroxylation is 2. The van der Waals surface area contributed by atoms with Crippen LogP contribution < -0.4 is 0 Å². The number of fused-ring (bicyclic) bond motifs is 8. The van der Waals surface area contributed by atoms with Crippen molar-refractivity contribution in [3.8, 4) is 44.8 Å². The van der Waals surface area contributed by atoms with Crippen LogP contribution in [0.4, 0.5) is 0 Å². The van der Waals surface area contributed by atoms with Gasteiger partial charge in [-0.1, -0.05) is 152 Å². The molecule has 0 amide bonds. The third-order valence-electron chi connectivity index (χ3n) is 11.7. The molecule has 10 aromatic carbocycles. The third kappa shape index (κ3) is 5.06. The second-order valence-electron chi connectivity index (χ2n) is 14.9. The number of benzene rings is 10. The van der Waals surface area contributed by atoms with E-state index in [9.17, 15) is 0 Å².